The number of hydrogen-bond acceptors (Lipinski definition) is 6. The smallest absolute Gasteiger partial charge is 0.263 e. The third kappa shape index (κ3) is 4.57. The van der Waals surface area contributed by atoms with Gasteiger partial charge in [-0.2, -0.15) is 4.99 Å². The number of allylic oxidation sites excluding steroid dienone is 1. The van der Waals surface area contributed by atoms with Gasteiger partial charge in [-0.1, -0.05) is 17.4 Å². The summed E-state index contributed by atoms with van der Waals surface area (Å²) in [4.78, 5) is 17.0. The Morgan fingerprint density at radius 1 is 1.14 bits per heavy atom. The molecule has 0 bridgehead atoms. The number of amides is 1. The van der Waals surface area contributed by atoms with Crippen molar-refractivity contribution in [3.8, 4) is 11.5 Å². The first-order valence-corrected chi connectivity index (χ1v) is 11.1. The fourth-order valence-corrected chi connectivity index (χ4v) is 4.93. The Bertz CT molecular complexity index is 1220. The van der Waals surface area contributed by atoms with Crippen LogP contribution < -0.4 is 14.3 Å². The number of aromatic nitrogens is 1. The molecule has 1 aromatic heterocycles. The zero-order valence-electron chi connectivity index (χ0n) is 16.0. The van der Waals surface area contributed by atoms with Gasteiger partial charge in [0.15, 0.2) is 14.6 Å². The molecule has 0 radical (unpaired) electrons. The van der Waals surface area contributed by atoms with Crippen LogP contribution in [0.1, 0.15) is 0 Å². The van der Waals surface area contributed by atoms with Gasteiger partial charge in [-0.05, 0) is 42.5 Å². The fourth-order valence-electron chi connectivity index (χ4n) is 2.74. The number of sulfone groups is 1. The highest BCUT2D eigenvalue weighted by Gasteiger charge is 2.19. The summed E-state index contributed by atoms with van der Waals surface area (Å²) in [6, 6.07) is 11.4. The molecule has 0 aliphatic heterocycles. The minimum atomic E-state index is -3.81. The zero-order valence-corrected chi connectivity index (χ0v) is 17.6. The highest BCUT2D eigenvalue weighted by atomic mass is 32.2. The number of thiazole rings is 1. The number of ether oxygens (including phenoxy) is 2. The van der Waals surface area contributed by atoms with Crippen molar-refractivity contribution in [1.29, 1.82) is 0 Å². The van der Waals surface area contributed by atoms with E-state index in [1.807, 2.05) is 22.8 Å². The molecule has 29 heavy (non-hydrogen) atoms. The molecule has 0 saturated heterocycles. The van der Waals surface area contributed by atoms with Gasteiger partial charge in [-0.3, -0.25) is 4.79 Å². The van der Waals surface area contributed by atoms with Crippen LogP contribution >= 0.6 is 11.3 Å². The largest absolute Gasteiger partial charge is 0.497 e. The van der Waals surface area contributed by atoms with Crippen molar-refractivity contribution in [2.75, 3.05) is 20.0 Å². The third-order valence-electron chi connectivity index (χ3n) is 4.15. The van der Waals surface area contributed by atoms with Crippen LogP contribution in [0.3, 0.4) is 0 Å². The second-order valence-electron chi connectivity index (χ2n) is 6.06. The van der Waals surface area contributed by atoms with Crippen molar-refractivity contribution in [2.24, 2.45) is 4.99 Å². The molecule has 0 saturated carbocycles. The molecule has 0 unspecified atom stereocenters. The third-order valence-corrected chi connectivity index (χ3v) is 6.81. The molecular weight excluding hydrogens is 412 g/mol. The van der Waals surface area contributed by atoms with E-state index >= 15 is 0 Å². The van der Waals surface area contributed by atoms with Gasteiger partial charge in [0.25, 0.3) is 5.91 Å². The van der Waals surface area contributed by atoms with E-state index in [0.29, 0.717) is 22.8 Å². The van der Waals surface area contributed by atoms with Gasteiger partial charge in [0.05, 0.1) is 29.3 Å². The predicted molar refractivity (Wildman–Crippen MR) is 112 cm³/mol. The van der Waals surface area contributed by atoms with Gasteiger partial charge in [-0.15, -0.1) is 6.58 Å². The molecule has 0 atom stereocenters. The van der Waals surface area contributed by atoms with Crippen LogP contribution in [0.5, 0.6) is 11.5 Å². The summed E-state index contributed by atoms with van der Waals surface area (Å²) in [7, 11) is -0.748. The lowest BCUT2D eigenvalue weighted by atomic mass is 10.3. The Balaban J connectivity index is 1.95. The van der Waals surface area contributed by atoms with Crippen molar-refractivity contribution >= 4 is 37.3 Å². The van der Waals surface area contributed by atoms with Crippen LogP contribution in [0.25, 0.3) is 10.2 Å². The van der Waals surface area contributed by atoms with E-state index in [2.05, 4.69) is 11.6 Å². The summed E-state index contributed by atoms with van der Waals surface area (Å²) >= 11 is 1.28. The molecule has 0 aliphatic carbocycles. The molecule has 0 N–H and O–H groups in total. The monoisotopic (exact) mass is 432 g/mol. The first-order valence-electron chi connectivity index (χ1n) is 8.60. The standard InChI is InChI=1S/C20H20N2O5S2/c1-4-11-22-17-10-7-15(27-3)12-18(17)28-20(22)21-19(23)13-29(24,25)16-8-5-14(26-2)6-9-16/h4-10,12H,1,11,13H2,2-3H3. The fraction of sp³-hybridized carbons (Fsp3) is 0.200. The van der Waals surface area contributed by atoms with E-state index in [-0.39, 0.29) is 4.90 Å². The summed E-state index contributed by atoms with van der Waals surface area (Å²) in [5, 5.41) is 0. The molecule has 1 amide bonds. The van der Waals surface area contributed by atoms with E-state index in [1.165, 1.54) is 42.7 Å². The summed E-state index contributed by atoms with van der Waals surface area (Å²) in [6.45, 7) is 4.17. The van der Waals surface area contributed by atoms with Crippen LogP contribution in [0.4, 0.5) is 0 Å². The molecule has 2 aromatic carbocycles. The maximum absolute atomic E-state index is 12.5. The summed E-state index contributed by atoms with van der Waals surface area (Å²) in [5.41, 5.74) is 0.861. The van der Waals surface area contributed by atoms with Gasteiger partial charge in [0.1, 0.15) is 17.3 Å². The van der Waals surface area contributed by atoms with Crippen molar-refractivity contribution < 1.29 is 22.7 Å². The second kappa shape index (κ2) is 8.62. The van der Waals surface area contributed by atoms with E-state index < -0.39 is 21.5 Å². The van der Waals surface area contributed by atoms with Crippen molar-refractivity contribution in [1.82, 2.24) is 4.57 Å². The van der Waals surface area contributed by atoms with E-state index in [9.17, 15) is 13.2 Å². The normalized spacial score (nSPS) is 12.1. The lowest BCUT2D eigenvalue weighted by molar-refractivity contribution is -0.115. The molecule has 0 aliphatic rings. The van der Waals surface area contributed by atoms with Crippen molar-refractivity contribution in [3.05, 3.63) is 59.9 Å². The van der Waals surface area contributed by atoms with Gasteiger partial charge in [0.2, 0.25) is 0 Å². The SMILES string of the molecule is C=CCn1c(=NC(=O)CS(=O)(=O)c2ccc(OC)cc2)sc2cc(OC)ccc21. The number of fused-ring (bicyclic) bond motifs is 1. The quantitative estimate of drug-likeness (QED) is 0.536. The highest BCUT2D eigenvalue weighted by Crippen LogP contribution is 2.23. The maximum atomic E-state index is 12.5. The summed E-state index contributed by atoms with van der Waals surface area (Å²) < 4.78 is 38.0. The number of rotatable bonds is 7. The molecule has 9 heteroatoms. The number of carbonyl (C=O) groups is 1. The van der Waals surface area contributed by atoms with E-state index in [1.54, 1.807) is 13.2 Å². The number of methoxy groups -OCH3 is 2. The number of benzene rings is 2. The molecule has 0 fully saturated rings. The minimum Gasteiger partial charge on any atom is -0.497 e. The Morgan fingerprint density at radius 3 is 2.41 bits per heavy atom. The Hall–Kier alpha value is -2.91. The number of nitrogens with zero attached hydrogens (tertiary/aromatic N) is 2. The number of hydrogen-bond donors (Lipinski definition) is 0. The van der Waals surface area contributed by atoms with Crippen molar-refractivity contribution in [3.63, 3.8) is 0 Å². The maximum Gasteiger partial charge on any atom is 0.263 e. The lowest BCUT2D eigenvalue weighted by Crippen LogP contribution is -2.20. The van der Waals surface area contributed by atoms with Crippen molar-refractivity contribution in [2.45, 2.75) is 11.4 Å². The van der Waals surface area contributed by atoms with Crippen LogP contribution in [-0.2, 0) is 21.2 Å². The molecule has 3 rings (SSSR count). The van der Waals surface area contributed by atoms with Gasteiger partial charge < -0.3 is 14.0 Å². The van der Waals surface area contributed by atoms with Gasteiger partial charge >= 0.3 is 0 Å². The second-order valence-corrected chi connectivity index (χ2v) is 9.06. The van der Waals surface area contributed by atoms with E-state index in [4.69, 9.17) is 9.47 Å². The molecule has 0 spiro atoms. The molecule has 7 nitrogen and oxygen atoms in total. The predicted octanol–water partition coefficient (Wildman–Crippen LogP) is 2.81. The molecule has 1 heterocycles. The average molecular weight is 433 g/mol. The highest BCUT2D eigenvalue weighted by molar-refractivity contribution is 7.92. The van der Waals surface area contributed by atoms with Crippen LogP contribution in [0.15, 0.2) is 65.0 Å². The Morgan fingerprint density at radius 2 is 1.79 bits per heavy atom. The number of carbonyl (C=O) groups excluding carboxylic acids is 1. The molecule has 3 aromatic rings. The van der Waals surface area contributed by atoms with Crippen LogP contribution in [0, 0.1) is 0 Å². The van der Waals surface area contributed by atoms with Crippen LogP contribution in [0.2, 0.25) is 0 Å². The Labute approximate surface area is 172 Å². The lowest BCUT2D eigenvalue weighted by Gasteiger charge is -2.04. The first kappa shape index (κ1) is 20.8. The zero-order chi connectivity index (χ0) is 21.0. The Kier molecular flexibility index (Phi) is 6.19. The summed E-state index contributed by atoms with van der Waals surface area (Å²) in [6.07, 6.45) is 1.69. The average Bonchev–Trinajstić information content (AvgIpc) is 3.03. The van der Waals surface area contributed by atoms with Gasteiger partial charge in [0, 0.05) is 6.54 Å². The topological polar surface area (TPSA) is 87.0 Å². The van der Waals surface area contributed by atoms with Crippen LogP contribution in [-0.4, -0.2) is 38.9 Å². The molecular formula is C20H20N2O5S2. The molecule has 152 valence electrons. The van der Waals surface area contributed by atoms with E-state index in [0.717, 1.165) is 10.2 Å². The van der Waals surface area contributed by atoms with Gasteiger partial charge in [-0.25, -0.2) is 8.42 Å². The first-order chi connectivity index (χ1) is 13.9. The summed E-state index contributed by atoms with van der Waals surface area (Å²) in [5.74, 6) is -0.238. The minimum absolute atomic E-state index is 0.0434.